The number of carbonyl (C=O) groups is 3. The zero-order chi connectivity index (χ0) is 62.6. The van der Waals surface area contributed by atoms with E-state index in [2.05, 4.69) is 165 Å². The summed E-state index contributed by atoms with van der Waals surface area (Å²) in [7, 11) is -4.53. The molecule has 470 valence electrons. The van der Waals surface area contributed by atoms with Gasteiger partial charge in [0.1, 0.15) is 19.8 Å². The van der Waals surface area contributed by atoms with Gasteiger partial charge in [-0.3, -0.25) is 18.9 Å². The van der Waals surface area contributed by atoms with Gasteiger partial charge in [-0.15, -0.1) is 0 Å². The zero-order valence-corrected chi connectivity index (χ0v) is 55.1. The maximum atomic E-state index is 15.5. The predicted octanol–water partition coefficient (Wildman–Crippen LogP) is 11.9. The monoisotopic (exact) mass is 1170 g/mol. The standard InChI is InChI=1S/C63H113N2O15P/c1-53(2,3)45-61(19,50(67)77-32-30-65-29-25-28-64)59(15,16)56(9,10)47-63(21,52(69)79-42-40-75-38-36-73-34-35-74-37-39-76-41-43-80-81(70,71)72)60(17,18)57(11,12)46-62(20,51(68)78-33-31-66)58(13,14)55(7,8)44-49(54(4,5)6)48-26-23-22-24-27-48/h22-24,26-27,49,65-66H,25,29-47H2,1-21H3,(H2,70,71,72). The van der Waals surface area contributed by atoms with Crippen molar-refractivity contribution in [2.24, 2.45) is 59.6 Å². The van der Waals surface area contributed by atoms with E-state index in [-0.39, 0.29) is 102 Å². The summed E-state index contributed by atoms with van der Waals surface area (Å²) in [5, 5.41) is 22.2. The first kappa shape index (κ1) is 76.0. The highest BCUT2D eigenvalue weighted by Crippen LogP contribution is 2.67. The number of nitriles is 1. The number of rotatable bonds is 40. The fourth-order valence-electron chi connectivity index (χ4n) is 11.8. The van der Waals surface area contributed by atoms with E-state index in [0.29, 0.717) is 45.6 Å². The first-order valence-electron chi connectivity index (χ1n) is 29.2. The highest BCUT2D eigenvalue weighted by Gasteiger charge is 2.66. The molecule has 0 aliphatic heterocycles. The lowest BCUT2D eigenvalue weighted by Crippen LogP contribution is -2.60. The van der Waals surface area contributed by atoms with Gasteiger partial charge in [0.25, 0.3) is 0 Å². The highest BCUT2D eigenvalue weighted by atomic mass is 31.2. The first-order valence-corrected chi connectivity index (χ1v) is 30.7. The summed E-state index contributed by atoms with van der Waals surface area (Å²) < 4.78 is 55.8. The fourth-order valence-corrected chi connectivity index (χ4v) is 12.1. The summed E-state index contributed by atoms with van der Waals surface area (Å²) in [6.45, 7) is 46.7. The third kappa shape index (κ3) is 21.5. The first-order chi connectivity index (χ1) is 36.9. The second-order valence-corrected chi connectivity index (χ2v) is 29.9. The molecule has 0 amide bonds. The SMILES string of the molecule is CC(C)(C)CC(C)(C(=O)OCCNCCC#N)C(C)(C)C(C)(C)CC(C)(C(=O)OCCOCCOCCOCCOCCOP(=O)(O)O)C(C)(C)C(C)(C)CC(C)(C(=O)OCCO)C(C)(C)C(C)(C)CC(c1ccccc1)C(C)(C)C. The molecule has 4 N–H and O–H groups in total. The number of benzene rings is 1. The summed E-state index contributed by atoms with van der Waals surface area (Å²) in [6, 6.07) is 12.7. The molecule has 4 unspecified atom stereocenters. The van der Waals surface area contributed by atoms with Crippen molar-refractivity contribution in [1.82, 2.24) is 5.32 Å². The van der Waals surface area contributed by atoms with Crippen LogP contribution in [0.4, 0.5) is 0 Å². The maximum absolute atomic E-state index is 15.5. The fraction of sp³-hybridized carbons (Fsp3) is 0.841. The van der Waals surface area contributed by atoms with Gasteiger partial charge in [0.2, 0.25) is 0 Å². The molecule has 18 heteroatoms. The third-order valence-electron chi connectivity index (χ3n) is 19.3. The molecule has 4 atom stereocenters. The number of phosphoric acid groups is 1. The Morgan fingerprint density at radius 3 is 1.27 bits per heavy atom. The summed E-state index contributed by atoms with van der Waals surface area (Å²) >= 11 is 0. The lowest BCUT2D eigenvalue weighted by molar-refractivity contribution is -0.196. The van der Waals surface area contributed by atoms with Crippen LogP contribution in [0.1, 0.15) is 189 Å². The van der Waals surface area contributed by atoms with Gasteiger partial charge in [-0.1, -0.05) is 155 Å². The van der Waals surface area contributed by atoms with Crippen molar-refractivity contribution in [3.05, 3.63) is 35.9 Å². The molecule has 81 heavy (non-hydrogen) atoms. The minimum absolute atomic E-state index is 0.0135. The van der Waals surface area contributed by atoms with Gasteiger partial charge in [0.05, 0.1) is 88.4 Å². The van der Waals surface area contributed by atoms with Crippen molar-refractivity contribution >= 4 is 25.7 Å². The van der Waals surface area contributed by atoms with Gasteiger partial charge in [-0.05, 0) is 101 Å². The lowest BCUT2D eigenvalue weighted by Gasteiger charge is -2.61. The van der Waals surface area contributed by atoms with Gasteiger partial charge in [0, 0.05) is 19.5 Å². The van der Waals surface area contributed by atoms with Crippen LogP contribution in [0.2, 0.25) is 0 Å². The molecule has 1 aromatic rings. The van der Waals surface area contributed by atoms with E-state index in [1.54, 1.807) is 0 Å². The van der Waals surface area contributed by atoms with E-state index in [1.807, 2.05) is 26.8 Å². The molecular formula is C63H113N2O15P. The number of carbonyl (C=O) groups excluding carboxylic acids is 3. The lowest BCUT2D eigenvalue weighted by atomic mass is 9.42. The number of esters is 3. The molecule has 0 heterocycles. The van der Waals surface area contributed by atoms with Crippen molar-refractivity contribution in [3.8, 4) is 6.07 Å². The van der Waals surface area contributed by atoms with E-state index in [1.165, 1.54) is 5.56 Å². The second kappa shape index (κ2) is 31.4. The van der Waals surface area contributed by atoms with Crippen LogP contribution >= 0.6 is 7.82 Å². The summed E-state index contributed by atoms with van der Waals surface area (Å²) in [4.78, 5) is 62.9. The minimum Gasteiger partial charge on any atom is -0.464 e. The van der Waals surface area contributed by atoms with Gasteiger partial charge in [0.15, 0.2) is 0 Å². The molecule has 0 saturated heterocycles. The van der Waals surface area contributed by atoms with Crippen molar-refractivity contribution in [2.45, 2.75) is 183 Å². The van der Waals surface area contributed by atoms with Crippen LogP contribution in [0.15, 0.2) is 30.3 Å². The zero-order valence-electron chi connectivity index (χ0n) is 54.2. The van der Waals surface area contributed by atoms with Gasteiger partial charge < -0.3 is 53.4 Å². The normalized spacial score (nSPS) is 16.1. The summed E-state index contributed by atoms with van der Waals surface area (Å²) in [5.74, 6) is -1.06. The number of aliphatic hydroxyl groups excluding tert-OH is 1. The van der Waals surface area contributed by atoms with E-state index in [0.717, 1.165) is 6.42 Å². The number of phosphoric ester groups is 1. The quantitative estimate of drug-likeness (QED) is 0.0207. The summed E-state index contributed by atoms with van der Waals surface area (Å²) in [6.07, 6.45) is 2.14. The Balaban J connectivity index is 3.82. The topological polar surface area (TPSA) is 239 Å². The Morgan fingerprint density at radius 1 is 0.519 bits per heavy atom. The molecule has 1 rings (SSSR count). The summed E-state index contributed by atoms with van der Waals surface area (Å²) in [5.41, 5.74) is -7.26. The molecule has 0 aromatic heterocycles. The second-order valence-electron chi connectivity index (χ2n) is 28.7. The molecule has 0 fully saturated rings. The average molecular weight is 1170 g/mol. The molecule has 1 aromatic carbocycles. The number of hydrogen-bond acceptors (Lipinski definition) is 15. The van der Waals surface area contributed by atoms with Crippen LogP contribution < -0.4 is 5.32 Å². The Morgan fingerprint density at radius 2 is 0.889 bits per heavy atom. The van der Waals surface area contributed by atoms with Gasteiger partial charge in [-0.2, -0.15) is 5.26 Å². The Labute approximate surface area is 490 Å². The molecule has 0 spiro atoms. The van der Waals surface area contributed by atoms with Crippen LogP contribution in [0.3, 0.4) is 0 Å². The average Bonchev–Trinajstić information content (AvgIpc) is 3.33. The highest BCUT2D eigenvalue weighted by molar-refractivity contribution is 7.46. The number of nitrogens with zero attached hydrogens (tertiary/aromatic N) is 1. The van der Waals surface area contributed by atoms with Crippen LogP contribution in [0.25, 0.3) is 0 Å². The van der Waals surface area contributed by atoms with Crippen LogP contribution in [0, 0.1) is 70.9 Å². The molecule has 0 bridgehead atoms. The molecular weight excluding hydrogens is 1060 g/mol. The predicted molar refractivity (Wildman–Crippen MR) is 318 cm³/mol. The Kier molecular flexibility index (Phi) is 29.5. The van der Waals surface area contributed by atoms with Crippen LogP contribution in [-0.4, -0.2) is 132 Å². The van der Waals surface area contributed by atoms with Crippen molar-refractivity contribution < 1.29 is 71.5 Å². The van der Waals surface area contributed by atoms with Gasteiger partial charge >= 0.3 is 25.7 Å². The molecule has 0 radical (unpaired) electrons. The number of hydrogen-bond donors (Lipinski definition) is 4. The van der Waals surface area contributed by atoms with E-state index >= 15 is 9.59 Å². The maximum Gasteiger partial charge on any atom is 0.469 e. The minimum atomic E-state index is -4.53. The number of aliphatic hydroxyl groups is 1. The van der Waals surface area contributed by atoms with Crippen LogP contribution in [-0.2, 0) is 56.6 Å². The van der Waals surface area contributed by atoms with E-state index < -0.39 is 68.5 Å². The van der Waals surface area contributed by atoms with Crippen molar-refractivity contribution in [2.75, 3.05) is 99.0 Å². The van der Waals surface area contributed by atoms with E-state index in [4.69, 9.17) is 48.2 Å². The van der Waals surface area contributed by atoms with Gasteiger partial charge in [-0.25, -0.2) is 4.57 Å². The van der Waals surface area contributed by atoms with Crippen molar-refractivity contribution in [1.29, 1.82) is 5.26 Å². The molecule has 0 aliphatic carbocycles. The Bertz CT molecular complexity index is 2150. The van der Waals surface area contributed by atoms with E-state index in [9.17, 15) is 14.5 Å². The van der Waals surface area contributed by atoms with Crippen LogP contribution in [0.5, 0.6) is 0 Å². The Hall–Kier alpha value is -3.01. The smallest absolute Gasteiger partial charge is 0.464 e. The third-order valence-corrected chi connectivity index (χ3v) is 19.8. The molecule has 0 aliphatic rings. The van der Waals surface area contributed by atoms with Crippen molar-refractivity contribution in [3.63, 3.8) is 0 Å². The molecule has 0 saturated carbocycles. The largest absolute Gasteiger partial charge is 0.469 e. The number of ether oxygens (including phenoxy) is 7. The number of nitrogens with one attached hydrogen (secondary N) is 1. The molecule has 17 nitrogen and oxygen atoms in total.